The number of ether oxygens (including phenoxy) is 1. The van der Waals surface area contributed by atoms with Gasteiger partial charge in [0, 0.05) is 42.7 Å². The number of aromatic nitrogens is 1. The molecule has 0 radical (unpaired) electrons. The van der Waals surface area contributed by atoms with E-state index in [0.717, 1.165) is 17.3 Å². The van der Waals surface area contributed by atoms with Gasteiger partial charge < -0.3 is 20.7 Å². The van der Waals surface area contributed by atoms with E-state index in [2.05, 4.69) is 15.2 Å². The third-order valence-corrected chi connectivity index (χ3v) is 5.92. The lowest BCUT2D eigenvalue weighted by atomic mass is 9.84. The summed E-state index contributed by atoms with van der Waals surface area (Å²) in [5, 5.41) is 4.03. The van der Waals surface area contributed by atoms with E-state index in [1.807, 2.05) is 36.4 Å². The summed E-state index contributed by atoms with van der Waals surface area (Å²) < 4.78 is 45.1. The first-order valence-corrected chi connectivity index (χ1v) is 10.6. The van der Waals surface area contributed by atoms with Gasteiger partial charge in [-0.2, -0.15) is 13.2 Å². The highest BCUT2D eigenvalue weighted by molar-refractivity contribution is 5.96. The van der Waals surface area contributed by atoms with E-state index in [9.17, 15) is 18.0 Å². The Morgan fingerprint density at radius 2 is 1.94 bits per heavy atom. The van der Waals surface area contributed by atoms with E-state index in [1.165, 1.54) is 13.2 Å². The zero-order valence-corrected chi connectivity index (χ0v) is 18.2. The van der Waals surface area contributed by atoms with Gasteiger partial charge in [0.2, 0.25) is 5.91 Å². The number of halogens is 3. The van der Waals surface area contributed by atoms with Crippen LogP contribution in [0.5, 0.6) is 5.75 Å². The van der Waals surface area contributed by atoms with E-state index in [4.69, 9.17) is 10.5 Å². The molecule has 1 unspecified atom stereocenters. The first-order valence-electron chi connectivity index (χ1n) is 10.6. The number of primary amides is 1. The number of pyridine rings is 1. The number of anilines is 1. The number of methoxy groups -OCH3 is 1. The van der Waals surface area contributed by atoms with Gasteiger partial charge in [-0.25, -0.2) is 4.98 Å². The molecule has 33 heavy (non-hydrogen) atoms. The third kappa shape index (κ3) is 4.88. The summed E-state index contributed by atoms with van der Waals surface area (Å²) in [4.78, 5) is 17.9. The largest absolute Gasteiger partial charge is 0.494 e. The van der Waals surface area contributed by atoms with Gasteiger partial charge in [-0.05, 0) is 36.2 Å². The number of hydrogen-bond acceptors (Lipinski definition) is 5. The number of nitrogens with two attached hydrogens (primary N) is 1. The van der Waals surface area contributed by atoms with Crippen LogP contribution in [0, 0.1) is 0 Å². The number of fused-ring (bicyclic) bond motifs is 1. The van der Waals surface area contributed by atoms with Gasteiger partial charge in [-0.3, -0.25) is 4.79 Å². The molecule has 1 atom stereocenters. The molecular formula is C24H25F3N4O2. The normalized spacial score (nSPS) is 19.0. The molecule has 1 fully saturated rings. The zero-order valence-electron chi connectivity index (χ0n) is 18.2. The number of carbonyl (C=O) groups excluding carboxylic acids is 1. The monoisotopic (exact) mass is 458 g/mol. The number of hydrogen-bond donors (Lipinski definition) is 2. The number of carbonyl (C=O) groups is 1. The van der Waals surface area contributed by atoms with Crippen LogP contribution in [-0.2, 0) is 17.4 Å². The van der Waals surface area contributed by atoms with Crippen LogP contribution in [0.3, 0.4) is 0 Å². The van der Waals surface area contributed by atoms with Gasteiger partial charge in [0.25, 0.3) is 0 Å². The molecule has 1 aliphatic heterocycles. The van der Waals surface area contributed by atoms with Gasteiger partial charge in [-0.15, -0.1) is 0 Å². The second-order valence-corrected chi connectivity index (χ2v) is 8.31. The SMILES string of the molecule is COc1ccc(N2CCNC(CC(N)=O)(Cc3ccccc3)C2)c2ccc(C(F)(F)F)nc12. The molecule has 9 heteroatoms. The van der Waals surface area contributed by atoms with Gasteiger partial charge in [0.15, 0.2) is 0 Å². The molecule has 0 bridgehead atoms. The lowest BCUT2D eigenvalue weighted by Crippen LogP contribution is -2.63. The molecule has 0 aliphatic carbocycles. The first-order chi connectivity index (χ1) is 15.7. The highest BCUT2D eigenvalue weighted by atomic mass is 19.4. The second kappa shape index (κ2) is 8.90. The van der Waals surface area contributed by atoms with Crippen LogP contribution in [0.4, 0.5) is 18.9 Å². The van der Waals surface area contributed by atoms with Crippen molar-refractivity contribution in [1.82, 2.24) is 10.3 Å². The predicted octanol–water partition coefficient (Wildman–Crippen LogP) is 3.53. The van der Waals surface area contributed by atoms with E-state index < -0.39 is 23.3 Å². The van der Waals surface area contributed by atoms with Crippen LogP contribution in [0.25, 0.3) is 10.9 Å². The lowest BCUT2D eigenvalue weighted by Gasteiger charge is -2.45. The van der Waals surface area contributed by atoms with Gasteiger partial charge in [0.1, 0.15) is 17.0 Å². The van der Waals surface area contributed by atoms with Crippen molar-refractivity contribution in [3.63, 3.8) is 0 Å². The van der Waals surface area contributed by atoms with Crippen molar-refractivity contribution in [1.29, 1.82) is 0 Å². The second-order valence-electron chi connectivity index (χ2n) is 8.31. The molecule has 1 aliphatic rings. The summed E-state index contributed by atoms with van der Waals surface area (Å²) >= 11 is 0. The maximum absolute atomic E-state index is 13.3. The standard InChI is InChI=1S/C24H25F3N4O2/c1-33-19-9-8-18(17-7-10-20(24(25,26)27)30-22(17)19)31-12-11-29-23(15-31,14-21(28)32)13-16-5-3-2-4-6-16/h2-10,29H,11-15H2,1H3,(H2,28,32). The summed E-state index contributed by atoms with van der Waals surface area (Å²) in [6, 6.07) is 15.6. The Morgan fingerprint density at radius 3 is 2.61 bits per heavy atom. The van der Waals surface area contributed by atoms with Crippen molar-refractivity contribution in [3.05, 3.63) is 65.9 Å². The quantitative estimate of drug-likeness (QED) is 0.591. The summed E-state index contributed by atoms with van der Waals surface area (Å²) in [6.45, 7) is 1.65. The maximum atomic E-state index is 13.3. The van der Waals surface area contributed by atoms with E-state index in [1.54, 1.807) is 6.07 Å². The number of nitrogens with zero attached hydrogens (tertiary/aromatic N) is 2. The fourth-order valence-electron chi connectivity index (χ4n) is 4.56. The van der Waals surface area contributed by atoms with Crippen molar-refractivity contribution in [2.24, 2.45) is 5.73 Å². The molecular weight excluding hydrogens is 433 g/mol. The number of benzene rings is 2. The van der Waals surface area contributed by atoms with Crippen molar-refractivity contribution in [3.8, 4) is 5.75 Å². The smallest absolute Gasteiger partial charge is 0.433 e. The Bertz CT molecular complexity index is 1150. The minimum absolute atomic E-state index is 0.128. The molecule has 4 rings (SSSR count). The average molecular weight is 458 g/mol. The van der Waals surface area contributed by atoms with Crippen LogP contribution in [0.2, 0.25) is 0 Å². The lowest BCUT2D eigenvalue weighted by molar-refractivity contribution is -0.141. The van der Waals surface area contributed by atoms with Crippen molar-refractivity contribution < 1.29 is 22.7 Å². The Kier molecular flexibility index (Phi) is 6.16. The molecule has 1 saturated heterocycles. The van der Waals surface area contributed by atoms with Crippen LogP contribution in [0.15, 0.2) is 54.6 Å². The van der Waals surface area contributed by atoms with Crippen LogP contribution in [0.1, 0.15) is 17.7 Å². The highest BCUT2D eigenvalue weighted by Crippen LogP contribution is 2.37. The summed E-state index contributed by atoms with van der Waals surface area (Å²) in [5.74, 6) is -0.154. The molecule has 0 spiro atoms. The number of piperazine rings is 1. The average Bonchev–Trinajstić information content (AvgIpc) is 2.77. The Labute approximate surface area is 189 Å². The summed E-state index contributed by atoms with van der Waals surface area (Å²) in [6.07, 6.45) is -3.85. The van der Waals surface area contributed by atoms with E-state index >= 15 is 0 Å². The molecule has 0 saturated carbocycles. The number of nitrogens with one attached hydrogen (secondary N) is 1. The topological polar surface area (TPSA) is 80.5 Å². The van der Waals surface area contributed by atoms with Crippen LogP contribution in [-0.4, -0.2) is 43.2 Å². The molecule has 1 aromatic heterocycles. The Hall–Kier alpha value is -3.33. The van der Waals surface area contributed by atoms with E-state index in [-0.39, 0.29) is 17.7 Å². The molecule has 3 N–H and O–H groups in total. The predicted molar refractivity (Wildman–Crippen MR) is 120 cm³/mol. The zero-order chi connectivity index (χ0) is 23.6. The number of alkyl halides is 3. The first kappa shape index (κ1) is 22.8. The number of rotatable bonds is 6. The number of amides is 1. The fraction of sp³-hybridized carbons (Fsp3) is 0.333. The summed E-state index contributed by atoms with van der Waals surface area (Å²) in [5.41, 5.74) is 5.95. The Balaban J connectivity index is 1.74. The fourth-order valence-corrected chi connectivity index (χ4v) is 4.56. The minimum Gasteiger partial charge on any atom is -0.494 e. The molecule has 2 heterocycles. The minimum atomic E-state index is -4.56. The van der Waals surface area contributed by atoms with Crippen molar-refractivity contribution >= 4 is 22.5 Å². The molecule has 6 nitrogen and oxygen atoms in total. The van der Waals surface area contributed by atoms with Crippen LogP contribution >= 0.6 is 0 Å². The van der Waals surface area contributed by atoms with Crippen molar-refractivity contribution in [2.75, 3.05) is 31.6 Å². The highest BCUT2D eigenvalue weighted by Gasteiger charge is 2.38. The summed E-state index contributed by atoms with van der Waals surface area (Å²) in [7, 11) is 1.40. The molecule has 2 aromatic carbocycles. The molecule has 1 amide bonds. The maximum Gasteiger partial charge on any atom is 0.433 e. The van der Waals surface area contributed by atoms with Gasteiger partial charge in [0.05, 0.1) is 7.11 Å². The van der Waals surface area contributed by atoms with Gasteiger partial charge in [-0.1, -0.05) is 30.3 Å². The van der Waals surface area contributed by atoms with Crippen LogP contribution < -0.4 is 20.7 Å². The third-order valence-electron chi connectivity index (χ3n) is 5.92. The van der Waals surface area contributed by atoms with E-state index in [0.29, 0.717) is 31.4 Å². The molecule has 174 valence electrons. The van der Waals surface area contributed by atoms with Gasteiger partial charge >= 0.3 is 6.18 Å². The van der Waals surface area contributed by atoms with Crippen molar-refractivity contribution in [2.45, 2.75) is 24.6 Å². The molecule has 3 aromatic rings. The Morgan fingerprint density at radius 1 is 1.18 bits per heavy atom.